The lowest BCUT2D eigenvalue weighted by atomic mass is 10.2. The molecule has 0 bridgehead atoms. The van der Waals surface area contributed by atoms with Crippen LogP contribution in [0.4, 0.5) is 0 Å². The van der Waals surface area contributed by atoms with Gasteiger partial charge in [-0.3, -0.25) is 4.68 Å². The smallest absolute Gasteiger partial charge is 0.0587 e. The highest BCUT2D eigenvalue weighted by Gasteiger charge is 2.00. The summed E-state index contributed by atoms with van der Waals surface area (Å²) in [4.78, 5) is 1.32. The molecule has 0 unspecified atom stereocenters. The second-order valence-corrected chi connectivity index (χ2v) is 6.03. The molecule has 0 fully saturated rings. The average molecular weight is 305 g/mol. The highest BCUT2D eigenvalue weighted by molar-refractivity contribution is 7.99. The van der Waals surface area contributed by atoms with Gasteiger partial charge in [0.1, 0.15) is 0 Å². The van der Waals surface area contributed by atoms with Crippen molar-refractivity contribution in [3.63, 3.8) is 0 Å². The minimum Gasteiger partial charge on any atom is -0.383 e. The number of thioether (sulfide) groups is 1. The summed E-state index contributed by atoms with van der Waals surface area (Å²) in [5.41, 5.74) is 2.59. The number of benzene rings is 1. The molecule has 0 amide bonds. The second kappa shape index (κ2) is 8.87. The lowest BCUT2D eigenvalue weighted by Gasteiger charge is -2.06. The van der Waals surface area contributed by atoms with Crippen LogP contribution in [0.1, 0.15) is 11.3 Å². The maximum absolute atomic E-state index is 5.01. The Morgan fingerprint density at radius 1 is 1.24 bits per heavy atom. The molecular formula is C16H23N3OS. The maximum Gasteiger partial charge on any atom is 0.0587 e. The number of methoxy groups -OCH3 is 1. The van der Waals surface area contributed by atoms with E-state index in [4.69, 9.17) is 4.74 Å². The summed E-state index contributed by atoms with van der Waals surface area (Å²) in [7, 11) is 3.71. The van der Waals surface area contributed by atoms with Gasteiger partial charge in [-0.05, 0) is 30.2 Å². The van der Waals surface area contributed by atoms with Crippen LogP contribution in [0.3, 0.4) is 0 Å². The Morgan fingerprint density at radius 2 is 2.05 bits per heavy atom. The summed E-state index contributed by atoms with van der Waals surface area (Å²) < 4.78 is 6.95. The van der Waals surface area contributed by atoms with Crippen molar-refractivity contribution < 1.29 is 4.74 Å². The van der Waals surface area contributed by atoms with Gasteiger partial charge in [0.05, 0.1) is 6.61 Å². The van der Waals surface area contributed by atoms with E-state index in [-0.39, 0.29) is 0 Å². The molecule has 2 aromatic rings. The van der Waals surface area contributed by atoms with E-state index < -0.39 is 0 Å². The first-order valence-corrected chi connectivity index (χ1v) is 8.16. The Kier molecular flexibility index (Phi) is 6.79. The van der Waals surface area contributed by atoms with Gasteiger partial charge in [0.15, 0.2) is 0 Å². The number of ether oxygens (including phenoxy) is 1. The molecule has 0 saturated heterocycles. The lowest BCUT2D eigenvalue weighted by Crippen LogP contribution is -2.18. The Hall–Kier alpha value is -1.30. The molecule has 1 aromatic carbocycles. The van der Waals surface area contributed by atoms with Gasteiger partial charge in [0, 0.05) is 49.8 Å². The first-order chi connectivity index (χ1) is 10.3. The Labute approximate surface area is 130 Å². The fourth-order valence-electron chi connectivity index (χ4n) is 2.03. The number of nitrogens with one attached hydrogen (secondary N) is 1. The fraction of sp³-hybridized carbons (Fsp3) is 0.438. The normalized spacial score (nSPS) is 11.0. The molecular weight excluding hydrogens is 282 g/mol. The number of rotatable bonds is 9. The van der Waals surface area contributed by atoms with E-state index >= 15 is 0 Å². The van der Waals surface area contributed by atoms with E-state index in [1.807, 2.05) is 29.7 Å². The largest absolute Gasteiger partial charge is 0.383 e. The zero-order chi connectivity index (χ0) is 14.9. The molecule has 5 heteroatoms. The van der Waals surface area contributed by atoms with Crippen LogP contribution >= 0.6 is 11.8 Å². The molecule has 0 aliphatic carbocycles. The Balaban J connectivity index is 1.71. The van der Waals surface area contributed by atoms with Gasteiger partial charge in [-0.25, -0.2) is 0 Å². The predicted octanol–water partition coefficient (Wildman–Crippen LogP) is 2.49. The van der Waals surface area contributed by atoms with Crippen molar-refractivity contribution >= 4 is 11.8 Å². The quantitative estimate of drug-likeness (QED) is 0.571. The van der Waals surface area contributed by atoms with E-state index in [0.29, 0.717) is 0 Å². The van der Waals surface area contributed by atoms with Crippen molar-refractivity contribution in [2.45, 2.75) is 17.9 Å². The number of nitrogens with zero attached hydrogens (tertiary/aromatic N) is 2. The lowest BCUT2D eigenvalue weighted by molar-refractivity contribution is 0.199. The molecule has 0 radical (unpaired) electrons. The summed E-state index contributed by atoms with van der Waals surface area (Å²) >= 11 is 1.89. The predicted molar refractivity (Wildman–Crippen MR) is 87.7 cm³/mol. The average Bonchev–Trinajstić information content (AvgIpc) is 2.91. The third kappa shape index (κ3) is 5.53. The zero-order valence-electron chi connectivity index (χ0n) is 12.7. The first-order valence-electron chi connectivity index (χ1n) is 7.18. The molecule has 1 N–H and O–H groups in total. The summed E-state index contributed by atoms with van der Waals surface area (Å²) in [5.74, 6) is 1.07. The number of aromatic nitrogens is 2. The highest BCUT2D eigenvalue weighted by Crippen LogP contribution is 2.19. The molecule has 114 valence electrons. The van der Waals surface area contributed by atoms with E-state index in [1.165, 1.54) is 16.2 Å². The zero-order valence-corrected chi connectivity index (χ0v) is 13.5. The van der Waals surface area contributed by atoms with Crippen LogP contribution in [0.2, 0.25) is 0 Å². The van der Waals surface area contributed by atoms with Crippen molar-refractivity contribution in [2.24, 2.45) is 7.05 Å². The van der Waals surface area contributed by atoms with Crippen molar-refractivity contribution in [2.75, 3.05) is 26.0 Å². The number of aryl methyl sites for hydroxylation is 2. The van der Waals surface area contributed by atoms with Crippen LogP contribution in [-0.4, -0.2) is 35.8 Å². The molecule has 0 saturated carbocycles. The van der Waals surface area contributed by atoms with Crippen molar-refractivity contribution in [1.82, 2.24) is 15.1 Å². The standard InChI is InChI=1S/C16H23N3OS/c1-19-15(7-9-18-19)8-12-21-16-5-3-14(4-6-16)13-17-10-11-20-2/h3-7,9,17H,8,10-13H2,1-2H3. The highest BCUT2D eigenvalue weighted by atomic mass is 32.2. The first kappa shape index (κ1) is 16.1. The molecule has 0 spiro atoms. The van der Waals surface area contributed by atoms with Crippen molar-refractivity contribution in [1.29, 1.82) is 0 Å². The van der Waals surface area contributed by atoms with Crippen LogP contribution in [0, 0.1) is 0 Å². The molecule has 21 heavy (non-hydrogen) atoms. The second-order valence-electron chi connectivity index (χ2n) is 4.86. The van der Waals surface area contributed by atoms with Gasteiger partial charge in [0.25, 0.3) is 0 Å². The summed E-state index contributed by atoms with van der Waals surface area (Å²) in [6.45, 7) is 2.53. The topological polar surface area (TPSA) is 39.1 Å². The minimum absolute atomic E-state index is 0.752. The molecule has 2 rings (SSSR count). The third-order valence-electron chi connectivity index (χ3n) is 3.28. The SMILES string of the molecule is COCCNCc1ccc(SCCc2ccnn2C)cc1. The molecule has 1 heterocycles. The third-order valence-corrected chi connectivity index (χ3v) is 4.30. The van der Waals surface area contributed by atoms with E-state index in [0.717, 1.165) is 31.9 Å². The summed E-state index contributed by atoms with van der Waals surface area (Å²) in [6.07, 6.45) is 2.90. The fourth-order valence-corrected chi connectivity index (χ4v) is 2.91. The monoisotopic (exact) mass is 305 g/mol. The van der Waals surface area contributed by atoms with Gasteiger partial charge in [-0.1, -0.05) is 12.1 Å². The van der Waals surface area contributed by atoms with Crippen molar-refractivity contribution in [3.05, 3.63) is 47.8 Å². The van der Waals surface area contributed by atoms with E-state index in [2.05, 4.69) is 40.7 Å². The Morgan fingerprint density at radius 3 is 2.71 bits per heavy atom. The van der Waals surface area contributed by atoms with E-state index in [1.54, 1.807) is 7.11 Å². The molecule has 1 aromatic heterocycles. The van der Waals surface area contributed by atoms with Gasteiger partial charge >= 0.3 is 0 Å². The molecule has 0 aliphatic rings. The van der Waals surface area contributed by atoms with Crippen LogP contribution in [0.5, 0.6) is 0 Å². The van der Waals surface area contributed by atoms with Gasteiger partial charge in [0.2, 0.25) is 0 Å². The number of hydrogen-bond donors (Lipinski definition) is 1. The van der Waals surface area contributed by atoms with Gasteiger partial charge < -0.3 is 10.1 Å². The van der Waals surface area contributed by atoms with Gasteiger partial charge in [-0.2, -0.15) is 5.10 Å². The minimum atomic E-state index is 0.752. The summed E-state index contributed by atoms with van der Waals surface area (Å²) in [6, 6.07) is 10.8. The van der Waals surface area contributed by atoms with Crippen LogP contribution in [-0.2, 0) is 24.8 Å². The van der Waals surface area contributed by atoms with E-state index in [9.17, 15) is 0 Å². The van der Waals surface area contributed by atoms with Crippen LogP contribution < -0.4 is 5.32 Å². The maximum atomic E-state index is 5.01. The van der Waals surface area contributed by atoms with Crippen LogP contribution in [0.15, 0.2) is 41.4 Å². The van der Waals surface area contributed by atoms with Crippen LogP contribution in [0.25, 0.3) is 0 Å². The molecule has 0 aliphatic heterocycles. The molecule has 4 nitrogen and oxygen atoms in total. The molecule has 0 atom stereocenters. The van der Waals surface area contributed by atoms with Gasteiger partial charge in [-0.15, -0.1) is 11.8 Å². The van der Waals surface area contributed by atoms with Crippen molar-refractivity contribution in [3.8, 4) is 0 Å². The number of hydrogen-bond acceptors (Lipinski definition) is 4. The summed E-state index contributed by atoms with van der Waals surface area (Å²) in [5, 5.41) is 7.54. The Bertz CT molecular complexity index is 525.